The molecule has 0 aliphatic rings. The second-order valence-electron chi connectivity index (χ2n) is 8.25. The van der Waals surface area contributed by atoms with Crippen molar-refractivity contribution in [3.63, 3.8) is 0 Å². The number of thiazole rings is 1. The third-order valence-electron chi connectivity index (χ3n) is 6.09. The van der Waals surface area contributed by atoms with Gasteiger partial charge in [-0.25, -0.2) is 4.99 Å². The van der Waals surface area contributed by atoms with E-state index in [0.717, 1.165) is 54.3 Å². The van der Waals surface area contributed by atoms with Gasteiger partial charge in [0.25, 0.3) is 0 Å². The average molecular weight is 484 g/mol. The molecule has 0 unspecified atom stereocenters. The molecule has 0 amide bonds. The van der Waals surface area contributed by atoms with Crippen LogP contribution in [-0.2, 0) is 6.54 Å². The lowest BCUT2D eigenvalue weighted by atomic mass is 10.1. The van der Waals surface area contributed by atoms with Gasteiger partial charge in [-0.3, -0.25) is 0 Å². The van der Waals surface area contributed by atoms with Crippen LogP contribution >= 0.6 is 11.3 Å². The van der Waals surface area contributed by atoms with Crippen LogP contribution in [0, 0.1) is 13.8 Å². The highest BCUT2D eigenvalue weighted by Gasteiger charge is 2.17. The molecule has 0 aliphatic heterocycles. The molecule has 0 fully saturated rings. The largest absolute Gasteiger partial charge is 0.493 e. The van der Waals surface area contributed by atoms with Crippen LogP contribution in [-0.4, -0.2) is 50.4 Å². The normalized spacial score (nSPS) is 11.8. The molecule has 0 radical (unpaired) electrons. The zero-order valence-corrected chi connectivity index (χ0v) is 22.3. The molecular formula is C27H37N3O3S. The lowest BCUT2D eigenvalue weighted by Gasteiger charge is -2.19. The Hall–Kier alpha value is -2.77. The molecule has 184 valence electrons. The van der Waals surface area contributed by atoms with E-state index in [0.29, 0.717) is 17.2 Å². The molecule has 0 bridgehead atoms. The van der Waals surface area contributed by atoms with Gasteiger partial charge in [-0.15, -0.1) is 11.3 Å². The first-order valence-corrected chi connectivity index (χ1v) is 12.7. The standard InChI is InChI=1S/C27H37N3O3S/c1-8-29(9-2)13-10-14-30-23(21-16-24(31-5)26(33-7)25(17-21)32-6)18-34-27(30)28-22-15-19(3)11-12-20(22)4/h11-12,15-18H,8-10,13-14H2,1-7H3. The van der Waals surface area contributed by atoms with Gasteiger partial charge in [0.1, 0.15) is 0 Å². The molecule has 6 nitrogen and oxygen atoms in total. The molecular weight excluding hydrogens is 446 g/mol. The van der Waals surface area contributed by atoms with Crippen LogP contribution in [0.3, 0.4) is 0 Å². The van der Waals surface area contributed by atoms with Gasteiger partial charge in [0.15, 0.2) is 16.3 Å². The second-order valence-corrected chi connectivity index (χ2v) is 9.09. The first-order chi connectivity index (χ1) is 16.4. The first kappa shape index (κ1) is 25.8. The summed E-state index contributed by atoms with van der Waals surface area (Å²) in [6.45, 7) is 12.7. The van der Waals surface area contributed by atoms with E-state index < -0.39 is 0 Å². The van der Waals surface area contributed by atoms with Gasteiger partial charge >= 0.3 is 0 Å². The Morgan fingerprint density at radius 2 is 1.62 bits per heavy atom. The van der Waals surface area contributed by atoms with Crippen LogP contribution in [0.25, 0.3) is 11.3 Å². The van der Waals surface area contributed by atoms with Gasteiger partial charge < -0.3 is 23.7 Å². The van der Waals surface area contributed by atoms with Crippen molar-refractivity contribution in [2.75, 3.05) is 41.0 Å². The van der Waals surface area contributed by atoms with Crippen LogP contribution in [0.4, 0.5) is 5.69 Å². The Morgan fingerprint density at radius 1 is 0.941 bits per heavy atom. The molecule has 3 rings (SSSR count). The van der Waals surface area contributed by atoms with Crippen molar-refractivity contribution in [3.8, 4) is 28.5 Å². The number of aromatic nitrogens is 1. The van der Waals surface area contributed by atoms with Crippen molar-refractivity contribution in [2.45, 2.75) is 40.7 Å². The minimum atomic E-state index is 0.595. The van der Waals surface area contributed by atoms with E-state index in [9.17, 15) is 0 Å². The predicted octanol–water partition coefficient (Wildman–Crippen LogP) is 5.82. The summed E-state index contributed by atoms with van der Waals surface area (Å²) in [5.41, 5.74) is 5.49. The van der Waals surface area contributed by atoms with E-state index in [4.69, 9.17) is 19.2 Å². The zero-order valence-electron chi connectivity index (χ0n) is 21.5. The molecule has 0 aliphatic carbocycles. The summed E-state index contributed by atoms with van der Waals surface area (Å²) in [7, 11) is 4.92. The Bertz CT molecular complexity index is 1140. The summed E-state index contributed by atoms with van der Waals surface area (Å²) < 4.78 is 19.1. The fraction of sp³-hybridized carbons (Fsp3) is 0.444. The molecule has 34 heavy (non-hydrogen) atoms. The van der Waals surface area contributed by atoms with Gasteiger partial charge in [0.05, 0.1) is 32.7 Å². The Kier molecular flexibility index (Phi) is 9.19. The third kappa shape index (κ3) is 5.83. The van der Waals surface area contributed by atoms with Gasteiger partial charge in [0.2, 0.25) is 5.75 Å². The molecule has 0 saturated heterocycles. The summed E-state index contributed by atoms with van der Waals surface area (Å²) in [5.74, 6) is 1.88. The van der Waals surface area contributed by atoms with E-state index >= 15 is 0 Å². The number of hydrogen-bond acceptors (Lipinski definition) is 6. The Morgan fingerprint density at radius 3 is 2.21 bits per heavy atom. The lowest BCUT2D eigenvalue weighted by Crippen LogP contribution is -2.26. The van der Waals surface area contributed by atoms with Gasteiger partial charge in [-0.2, -0.15) is 0 Å². The fourth-order valence-electron chi connectivity index (χ4n) is 4.03. The zero-order chi connectivity index (χ0) is 24.7. The topological polar surface area (TPSA) is 48.2 Å². The van der Waals surface area contributed by atoms with Gasteiger partial charge in [-0.05, 0) is 69.2 Å². The second kappa shape index (κ2) is 12.1. The molecule has 3 aromatic rings. The predicted molar refractivity (Wildman–Crippen MR) is 141 cm³/mol. The molecule has 0 atom stereocenters. The van der Waals surface area contributed by atoms with E-state index in [1.807, 2.05) is 12.1 Å². The highest BCUT2D eigenvalue weighted by Crippen LogP contribution is 2.41. The maximum atomic E-state index is 5.61. The minimum Gasteiger partial charge on any atom is -0.493 e. The highest BCUT2D eigenvalue weighted by molar-refractivity contribution is 7.07. The maximum Gasteiger partial charge on any atom is 0.203 e. The van der Waals surface area contributed by atoms with Crippen molar-refractivity contribution in [1.29, 1.82) is 0 Å². The first-order valence-electron chi connectivity index (χ1n) is 11.8. The number of aryl methyl sites for hydroxylation is 2. The molecule has 0 spiro atoms. The third-order valence-corrected chi connectivity index (χ3v) is 6.95. The quantitative estimate of drug-likeness (QED) is 0.345. The van der Waals surface area contributed by atoms with Crippen LogP contribution in [0.5, 0.6) is 17.2 Å². The number of benzene rings is 2. The Balaban J connectivity index is 2.12. The molecule has 0 N–H and O–H groups in total. The van der Waals surface area contributed by atoms with E-state index in [1.165, 1.54) is 11.1 Å². The van der Waals surface area contributed by atoms with Crippen molar-refractivity contribution < 1.29 is 14.2 Å². The number of nitrogens with zero attached hydrogens (tertiary/aromatic N) is 3. The minimum absolute atomic E-state index is 0.595. The highest BCUT2D eigenvalue weighted by atomic mass is 32.1. The SMILES string of the molecule is CCN(CC)CCCn1c(-c2cc(OC)c(OC)c(OC)c2)csc1=Nc1cc(C)ccc1C. The lowest BCUT2D eigenvalue weighted by molar-refractivity contribution is 0.293. The summed E-state index contributed by atoms with van der Waals surface area (Å²) >= 11 is 1.66. The van der Waals surface area contributed by atoms with Crippen molar-refractivity contribution in [3.05, 3.63) is 51.6 Å². The monoisotopic (exact) mass is 483 g/mol. The van der Waals surface area contributed by atoms with Crippen molar-refractivity contribution in [2.24, 2.45) is 4.99 Å². The number of ether oxygens (including phenoxy) is 3. The van der Waals surface area contributed by atoms with E-state index in [2.05, 4.69) is 60.7 Å². The summed E-state index contributed by atoms with van der Waals surface area (Å²) in [6.07, 6.45) is 1.04. The summed E-state index contributed by atoms with van der Waals surface area (Å²) in [6, 6.07) is 10.4. The van der Waals surface area contributed by atoms with E-state index in [1.54, 1.807) is 32.7 Å². The van der Waals surface area contributed by atoms with Gasteiger partial charge in [0, 0.05) is 17.5 Å². The van der Waals surface area contributed by atoms with Crippen molar-refractivity contribution >= 4 is 17.0 Å². The molecule has 1 aromatic heterocycles. The molecule has 1 heterocycles. The Labute approximate surface area is 207 Å². The van der Waals surface area contributed by atoms with Crippen LogP contribution < -0.4 is 19.0 Å². The van der Waals surface area contributed by atoms with Crippen LogP contribution in [0.1, 0.15) is 31.4 Å². The van der Waals surface area contributed by atoms with E-state index in [-0.39, 0.29) is 0 Å². The molecule has 7 heteroatoms. The van der Waals surface area contributed by atoms with Crippen LogP contribution in [0.2, 0.25) is 0 Å². The summed E-state index contributed by atoms with van der Waals surface area (Å²) in [4.78, 5) is 8.52. The van der Waals surface area contributed by atoms with Crippen LogP contribution in [0.15, 0.2) is 40.7 Å². The smallest absolute Gasteiger partial charge is 0.203 e. The van der Waals surface area contributed by atoms with Gasteiger partial charge in [-0.1, -0.05) is 26.0 Å². The summed E-state index contributed by atoms with van der Waals surface area (Å²) in [5, 5.41) is 2.17. The molecule has 2 aromatic carbocycles. The number of methoxy groups -OCH3 is 3. The maximum absolute atomic E-state index is 5.61. The van der Waals surface area contributed by atoms with Crippen molar-refractivity contribution in [1.82, 2.24) is 9.47 Å². The number of rotatable bonds is 11. The fourth-order valence-corrected chi connectivity index (χ4v) is 4.98. The average Bonchev–Trinajstić information content (AvgIpc) is 3.25. The number of hydrogen-bond donors (Lipinski definition) is 0. The molecule has 0 saturated carbocycles.